The predicted molar refractivity (Wildman–Crippen MR) is 87.3 cm³/mol. The minimum atomic E-state index is -0.163. The third-order valence-electron chi connectivity index (χ3n) is 3.43. The summed E-state index contributed by atoms with van der Waals surface area (Å²) in [5, 5.41) is 11.3. The molecule has 0 spiro atoms. The Bertz CT molecular complexity index is 853. The van der Waals surface area contributed by atoms with Crippen molar-refractivity contribution in [3.05, 3.63) is 53.0 Å². The van der Waals surface area contributed by atoms with Crippen molar-refractivity contribution in [3.8, 4) is 11.6 Å². The van der Waals surface area contributed by atoms with Gasteiger partial charge in [-0.25, -0.2) is 0 Å². The average Bonchev–Trinajstić information content (AvgIpc) is 3.12. The van der Waals surface area contributed by atoms with E-state index in [1.54, 1.807) is 29.8 Å². The molecule has 0 aliphatic heterocycles. The van der Waals surface area contributed by atoms with E-state index in [9.17, 15) is 4.79 Å². The van der Waals surface area contributed by atoms with E-state index in [-0.39, 0.29) is 12.5 Å². The molecule has 0 saturated heterocycles. The van der Waals surface area contributed by atoms with Gasteiger partial charge in [0, 0.05) is 23.8 Å². The Hall–Kier alpha value is -2.60. The van der Waals surface area contributed by atoms with Crippen LogP contribution in [0.4, 0.5) is 5.69 Å². The van der Waals surface area contributed by atoms with Crippen LogP contribution in [0.15, 0.2) is 40.9 Å². The predicted octanol–water partition coefficient (Wildman–Crippen LogP) is 3.45. The quantitative estimate of drug-likeness (QED) is 0.795. The van der Waals surface area contributed by atoms with E-state index in [0.29, 0.717) is 28.2 Å². The minimum absolute atomic E-state index is 0.135. The lowest BCUT2D eigenvalue weighted by Gasteiger charge is -2.11. The Morgan fingerprint density at radius 2 is 2.09 bits per heavy atom. The van der Waals surface area contributed by atoms with Crippen LogP contribution in [0.1, 0.15) is 11.5 Å². The van der Waals surface area contributed by atoms with Crippen molar-refractivity contribution in [1.82, 2.24) is 14.8 Å². The summed E-state index contributed by atoms with van der Waals surface area (Å²) in [5.41, 5.74) is 2.23. The molecule has 0 atom stereocenters. The molecule has 3 aromatic rings. The second-order valence-corrected chi connectivity index (χ2v) is 5.52. The van der Waals surface area contributed by atoms with Gasteiger partial charge in [0.05, 0.1) is 0 Å². The zero-order chi connectivity index (χ0) is 16.4. The van der Waals surface area contributed by atoms with Gasteiger partial charge in [0.15, 0.2) is 0 Å². The minimum Gasteiger partial charge on any atom is -0.420 e. The van der Waals surface area contributed by atoms with Crippen molar-refractivity contribution in [1.29, 1.82) is 0 Å². The number of aromatic nitrogens is 3. The third-order valence-corrected chi connectivity index (χ3v) is 3.84. The molecule has 0 radical (unpaired) electrons. The lowest BCUT2D eigenvalue weighted by atomic mass is 10.2. The molecule has 118 valence electrons. The van der Waals surface area contributed by atoms with Crippen molar-refractivity contribution >= 4 is 23.2 Å². The van der Waals surface area contributed by atoms with E-state index in [1.165, 1.54) is 0 Å². The number of halogens is 1. The van der Waals surface area contributed by atoms with E-state index in [2.05, 4.69) is 15.5 Å². The van der Waals surface area contributed by atoms with Gasteiger partial charge in [-0.15, -0.1) is 10.2 Å². The second kappa shape index (κ2) is 6.26. The maximum atomic E-state index is 12.3. The maximum absolute atomic E-state index is 12.3. The second-order valence-electron chi connectivity index (χ2n) is 5.11. The Morgan fingerprint density at radius 1 is 1.26 bits per heavy atom. The molecule has 0 unspecified atom stereocenters. The van der Waals surface area contributed by atoms with Gasteiger partial charge in [-0.3, -0.25) is 4.79 Å². The van der Waals surface area contributed by atoms with Gasteiger partial charge in [-0.2, -0.15) is 0 Å². The van der Waals surface area contributed by atoms with E-state index in [4.69, 9.17) is 16.0 Å². The summed E-state index contributed by atoms with van der Waals surface area (Å²) in [6.07, 6.45) is 1.79. The highest BCUT2D eigenvalue weighted by atomic mass is 35.5. The van der Waals surface area contributed by atoms with E-state index in [0.717, 1.165) is 5.56 Å². The van der Waals surface area contributed by atoms with Crippen molar-refractivity contribution in [3.63, 3.8) is 0 Å². The number of rotatable bonds is 4. The van der Waals surface area contributed by atoms with E-state index < -0.39 is 0 Å². The topological polar surface area (TPSA) is 73.0 Å². The van der Waals surface area contributed by atoms with Crippen LogP contribution in [-0.2, 0) is 11.3 Å². The molecule has 0 fully saturated rings. The summed E-state index contributed by atoms with van der Waals surface area (Å²) >= 11 is 6.06. The summed E-state index contributed by atoms with van der Waals surface area (Å²) in [4.78, 5) is 12.3. The Morgan fingerprint density at radius 3 is 2.83 bits per heavy atom. The molecule has 1 aromatic carbocycles. The van der Waals surface area contributed by atoms with Crippen molar-refractivity contribution in [2.24, 2.45) is 0 Å². The zero-order valence-corrected chi connectivity index (χ0v) is 13.5. The molecule has 3 rings (SSSR count). The molecule has 1 N–H and O–H groups in total. The van der Waals surface area contributed by atoms with Gasteiger partial charge in [0.1, 0.15) is 12.2 Å². The monoisotopic (exact) mass is 330 g/mol. The summed E-state index contributed by atoms with van der Waals surface area (Å²) in [5.74, 6) is 0.704. The van der Waals surface area contributed by atoms with Gasteiger partial charge in [0.2, 0.25) is 11.8 Å². The number of carbonyl (C=O) groups excluding carboxylic acids is 1. The van der Waals surface area contributed by atoms with Crippen molar-refractivity contribution in [2.45, 2.75) is 20.4 Å². The fraction of sp³-hybridized carbons (Fsp3) is 0.188. The molecular formula is C16H15ClN4O2. The molecule has 2 heterocycles. The molecule has 2 aromatic heterocycles. The molecule has 23 heavy (non-hydrogen) atoms. The number of anilines is 1. The van der Waals surface area contributed by atoms with Gasteiger partial charge in [0.25, 0.3) is 5.89 Å². The first kappa shape index (κ1) is 15.3. The zero-order valence-electron chi connectivity index (χ0n) is 12.7. The Labute approximate surface area is 138 Å². The third kappa shape index (κ3) is 3.27. The van der Waals surface area contributed by atoms with Crippen LogP contribution >= 0.6 is 11.6 Å². The largest absolute Gasteiger partial charge is 0.420 e. The number of amides is 1. The van der Waals surface area contributed by atoms with E-state index >= 15 is 0 Å². The van der Waals surface area contributed by atoms with Crippen LogP contribution in [0.5, 0.6) is 0 Å². The summed E-state index contributed by atoms with van der Waals surface area (Å²) in [6, 6.07) is 9.05. The summed E-state index contributed by atoms with van der Waals surface area (Å²) in [7, 11) is 0. The first-order valence-corrected chi connectivity index (χ1v) is 7.43. The molecular weight excluding hydrogens is 316 g/mol. The van der Waals surface area contributed by atoms with Gasteiger partial charge < -0.3 is 14.3 Å². The summed E-state index contributed by atoms with van der Waals surface area (Å²) < 4.78 is 7.16. The Balaban J connectivity index is 1.76. The molecule has 7 heteroatoms. The number of carbonyl (C=O) groups is 1. The number of nitrogens with one attached hydrogen (secondary N) is 1. The van der Waals surface area contributed by atoms with Crippen LogP contribution in [0.2, 0.25) is 5.02 Å². The molecule has 0 aliphatic rings. The lowest BCUT2D eigenvalue weighted by Crippen LogP contribution is -2.19. The van der Waals surface area contributed by atoms with Crippen molar-refractivity contribution in [2.75, 3.05) is 5.32 Å². The lowest BCUT2D eigenvalue weighted by molar-refractivity contribution is -0.116. The van der Waals surface area contributed by atoms with Gasteiger partial charge in [-0.05, 0) is 36.8 Å². The molecule has 0 bridgehead atoms. The SMILES string of the molecule is Cc1nnc(-c2cccn2CC(=O)Nc2cccc(Cl)c2C)o1. The number of benzene rings is 1. The number of aryl methyl sites for hydroxylation is 1. The number of hydrogen-bond donors (Lipinski definition) is 1. The van der Waals surface area contributed by atoms with Crippen LogP contribution in [-0.4, -0.2) is 20.7 Å². The first-order valence-electron chi connectivity index (χ1n) is 7.05. The molecule has 0 aliphatic carbocycles. The fourth-order valence-electron chi connectivity index (χ4n) is 2.23. The standard InChI is InChI=1S/C16H15ClN4O2/c1-10-12(17)5-3-6-13(10)18-15(22)9-21-8-4-7-14(21)16-20-19-11(2)23-16/h3-8H,9H2,1-2H3,(H,18,22). The summed E-state index contributed by atoms with van der Waals surface area (Å²) in [6.45, 7) is 3.72. The molecule has 6 nitrogen and oxygen atoms in total. The number of nitrogens with zero attached hydrogens (tertiary/aromatic N) is 3. The average molecular weight is 331 g/mol. The highest BCUT2D eigenvalue weighted by Gasteiger charge is 2.14. The Kier molecular flexibility index (Phi) is 4.16. The highest BCUT2D eigenvalue weighted by molar-refractivity contribution is 6.31. The van der Waals surface area contributed by atoms with Gasteiger partial charge >= 0.3 is 0 Å². The molecule has 1 amide bonds. The van der Waals surface area contributed by atoms with E-state index in [1.807, 2.05) is 25.1 Å². The highest BCUT2D eigenvalue weighted by Crippen LogP contribution is 2.23. The van der Waals surface area contributed by atoms with Crippen LogP contribution in [0.25, 0.3) is 11.6 Å². The van der Waals surface area contributed by atoms with Crippen LogP contribution < -0.4 is 5.32 Å². The normalized spacial score (nSPS) is 10.7. The van der Waals surface area contributed by atoms with Crippen LogP contribution in [0.3, 0.4) is 0 Å². The van der Waals surface area contributed by atoms with Gasteiger partial charge in [-0.1, -0.05) is 17.7 Å². The first-order chi connectivity index (χ1) is 11.0. The van der Waals surface area contributed by atoms with Crippen LogP contribution in [0, 0.1) is 13.8 Å². The van der Waals surface area contributed by atoms with Crippen molar-refractivity contribution < 1.29 is 9.21 Å². The molecule has 0 saturated carbocycles. The fourth-order valence-corrected chi connectivity index (χ4v) is 2.41. The smallest absolute Gasteiger partial charge is 0.264 e. The number of hydrogen-bond acceptors (Lipinski definition) is 4. The maximum Gasteiger partial charge on any atom is 0.264 e.